The number of nitrogens with zero attached hydrogens (tertiary/aromatic N) is 4. The van der Waals surface area contributed by atoms with Crippen LogP contribution in [0.2, 0.25) is 0 Å². The molecule has 0 unspecified atom stereocenters. The van der Waals surface area contributed by atoms with Crippen molar-refractivity contribution in [1.29, 1.82) is 0 Å². The van der Waals surface area contributed by atoms with Crippen LogP contribution in [0, 0.1) is 0 Å². The summed E-state index contributed by atoms with van der Waals surface area (Å²) in [6, 6.07) is 17.0. The number of hydrogen-bond donors (Lipinski definition) is 1. The minimum Gasteiger partial charge on any atom is -0.481 e. The molecule has 2 heterocycles. The summed E-state index contributed by atoms with van der Waals surface area (Å²) in [5, 5.41) is 18.4. The molecule has 6 nitrogen and oxygen atoms in total. The average Bonchev–Trinajstić information content (AvgIpc) is 2.97. The largest absolute Gasteiger partial charge is 0.481 e. The van der Waals surface area contributed by atoms with Gasteiger partial charge in [0.2, 0.25) is 0 Å². The molecule has 4 aromatic rings. The SMILES string of the molecule is O=C(O)Cc1cc(-n2nnc3ccccc32)c2ccccc2n1. The smallest absolute Gasteiger partial charge is 0.309 e. The molecule has 0 spiro atoms. The third-order valence-corrected chi connectivity index (χ3v) is 3.66. The van der Waals surface area contributed by atoms with Crippen molar-refractivity contribution in [1.82, 2.24) is 20.0 Å². The monoisotopic (exact) mass is 304 g/mol. The van der Waals surface area contributed by atoms with Gasteiger partial charge in [-0.05, 0) is 24.3 Å². The zero-order valence-corrected chi connectivity index (χ0v) is 12.0. The van der Waals surface area contributed by atoms with Crippen LogP contribution in [0.1, 0.15) is 5.69 Å². The molecule has 0 radical (unpaired) electrons. The van der Waals surface area contributed by atoms with Crippen LogP contribution in [0.3, 0.4) is 0 Å². The predicted octanol–water partition coefficient (Wildman–Crippen LogP) is 2.60. The summed E-state index contributed by atoms with van der Waals surface area (Å²) >= 11 is 0. The molecule has 2 aromatic carbocycles. The molecule has 0 aliphatic carbocycles. The third kappa shape index (κ3) is 2.30. The molecule has 0 atom stereocenters. The summed E-state index contributed by atoms with van der Waals surface area (Å²) in [6.07, 6.45) is -0.134. The quantitative estimate of drug-likeness (QED) is 0.629. The number of carbonyl (C=O) groups is 1. The fourth-order valence-electron chi connectivity index (χ4n) is 2.68. The molecular weight excluding hydrogens is 292 g/mol. The number of carboxylic acids is 1. The summed E-state index contributed by atoms with van der Waals surface area (Å²) in [5.74, 6) is -0.915. The van der Waals surface area contributed by atoms with Crippen LogP contribution < -0.4 is 0 Å². The van der Waals surface area contributed by atoms with Crippen LogP contribution in [0.15, 0.2) is 54.6 Å². The summed E-state index contributed by atoms with van der Waals surface area (Å²) in [4.78, 5) is 15.5. The Balaban J connectivity index is 2.03. The lowest BCUT2D eigenvalue weighted by Crippen LogP contribution is -2.06. The Kier molecular flexibility index (Phi) is 3.01. The van der Waals surface area contributed by atoms with Crippen molar-refractivity contribution in [3.8, 4) is 5.69 Å². The van der Waals surface area contributed by atoms with Crippen LogP contribution in [0.25, 0.3) is 27.6 Å². The molecule has 0 amide bonds. The highest BCUT2D eigenvalue weighted by Gasteiger charge is 2.13. The van der Waals surface area contributed by atoms with E-state index in [4.69, 9.17) is 5.11 Å². The molecular formula is C17H12N4O2. The van der Waals surface area contributed by atoms with E-state index in [-0.39, 0.29) is 6.42 Å². The molecule has 0 fully saturated rings. The van der Waals surface area contributed by atoms with Gasteiger partial charge < -0.3 is 5.11 Å². The van der Waals surface area contributed by atoms with Gasteiger partial charge in [-0.2, -0.15) is 0 Å². The van der Waals surface area contributed by atoms with Crippen molar-refractivity contribution in [2.24, 2.45) is 0 Å². The first kappa shape index (κ1) is 13.4. The Hall–Kier alpha value is -3.28. The number of para-hydroxylation sites is 2. The van der Waals surface area contributed by atoms with Gasteiger partial charge in [-0.25, -0.2) is 4.68 Å². The van der Waals surface area contributed by atoms with Gasteiger partial charge in [-0.3, -0.25) is 9.78 Å². The van der Waals surface area contributed by atoms with Crippen LogP contribution >= 0.6 is 0 Å². The van der Waals surface area contributed by atoms with E-state index >= 15 is 0 Å². The van der Waals surface area contributed by atoms with E-state index in [1.54, 1.807) is 10.7 Å². The molecule has 112 valence electrons. The van der Waals surface area contributed by atoms with Gasteiger partial charge in [0.25, 0.3) is 0 Å². The highest BCUT2D eigenvalue weighted by molar-refractivity contribution is 5.90. The van der Waals surface area contributed by atoms with Gasteiger partial charge in [-0.1, -0.05) is 35.5 Å². The lowest BCUT2D eigenvalue weighted by Gasteiger charge is -2.09. The van der Waals surface area contributed by atoms with E-state index in [1.807, 2.05) is 48.5 Å². The Morgan fingerprint density at radius 3 is 2.61 bits per heavy atom. The molecule has 0 bridgehead atoms. The van der Waals surface area contributed by atoms with Crippen molar-refractivity contribution < 1.29 is 9.90 Å². The Morgan fingerprint density at radius 2 is 1.78 bits per heavy atom. The van der Waals surface area contributed by atoms with E-state index in [9.17, 15) is 4.79 Å². The van der Waals surface area contributed by atoms with Crippen LogP contribution in [-0.4, -0.2) is 31.1 Å². The van der Waals surface area contributed by atoms with Gasteiger partial charge in [0.1, 0.15) is 5.52 Å². The lowest BCUT2D eigenvalue weighted by atomic mass is 10.1. The van der Waals surface area contributed by atoms with Gasteiger partial charge >= 0.3 is 5.97 Å². The van der Waals surface area contributed by atoms with Crippen molar-refractivity contribution in [3.05, 3.63) is 60.3 Å². The number of fused-ring (bicyclic) bond motifs is 2. The summed E-state index contributed by atoms with van der Waals surface area (Å²) < 4.78 is 1.73. The first-order valence-corrected chi connectivity index (χ1v) is 7.13. The maximum atomic E-state index is 11.0. The van der Waals surface area contributed by atoms with E-state index in [2.05, 4.69) is 15.3 Å². The molecule has 6 heteroatoms. The zero-order valence-electron chi connectivity index (χ0n) is 12.0. The molecule has 2 aromatic heterocycles. The van der Waals surface area contributed by atoms with Crippen LogP contribution in [-0.2, 0) is 11.2 Å². The maximum Gasteiger partial charge on any atom is 0.309 e. The Bertz CT molecular complexity index is 1040. The highest BCUT2D eigenvalue weighted by Crippen LogP contribution is 2.24. The topological polar surface area (TPSA) is 80.9 Å². The standard InChI is InChI=1S/C17H12N4O2/c22-17(23)10-11-9-16(12-5-1-2-6-13(12)18-11)21-15-8-4-3-7-14(15)19-20-21/h1-9H,10H2,(H,22,23). The van der Waals surface area contributed by atoms with Crippen molar-refractivity contribution in [2.75, 3.05) is 0 Å². The molecule has 23 heavy (non-hydrogen) atoms. The van der Waals surface area contributed by atoms with E-state index in [1.165, 1.54) is 0 Å². The normalized spacial score (nSPS) is 11.1. The molecule has 1 N–H and O–H groups in total. The molecule has 0 saturated carbocycles. The Morgan fingerprint density at radius 1 is 1.04 bits per heavy atom. The second kappa shape index (κ2) is 5.17. The minimum absolute atomic E-state index is 0.134. The van der Waals surface area contributed by atoms with E-state index in [0.717, 1.165) is 27.6 Å². The molecule has 0 aliphatic rings. The number of carboxylic acid groups (broad SMARTS) is 1. The number of aliphatic carboxylic acids is 1. The van der Waals surface area contributed by atoms with Crippen LogP contribution in [0.5, 0.6) is 0 Å². The zero-order chi connectivity index (χ0) is 15.8. The van der Waals surface area contributed by atoms with Crippen LogP contribution in [0.4, 0.5) is 0 Å². The fraction of sp³-hybridized carbons (Fsp3) is 0.0588. The van der Waals surface area contributed by atoms with E-state index < -0.39 is 5.97 Å². The molecule has 0 saturated heterocycles. The average molecular weight is 304 g/mol. The first-order chi connectivity index (χ1) is 11.2. The fourth-order valence-corrected chi connectivity index (χ4v) is 2.68. The number of benzene rings is 2. The molecule has 4 rings (SSSR count). The number of rotatable bonds is 3. The number of pyridine rings is 1. The van der Waals surface area contributed by atoms with Gasteiger partial charge in [0.15, 0.2) is 0 Å². The van der Waals surface area contributed by atoms with Crippen molar-refractivity contribution in [3.63, 3.8) is 0 Å². The van der Waals surface area contributed by atoms with Gasteiger partial charge in [0.05, 0.1) is 28.8 Å². The predicted molar refractivity (Wildman–Crippen MR) is 85.5 cm³/mol. The van der Waals surface area contributed by atoms with Crippen molar-refractivity contribution in [2.45, 2.75) is 6.42 Å². The maximum absolute atomic E-state index is 11.0. The molecule has 0 aliphatic heterocycles. The van der Waals surface area contributed by atoms with Crippen molar-refractivity contribution >= 4 is 27.9 Å². The minimum atomic E-state index is -0.915. The second-order valence-corrected chi connectivity index (χ2v) is 5.21. The van der Waals surface area contributed by atoms with E-state index in [0.29, 0.717) is 5.69 Å². The summed E-state index contributed by atoms with van der Waals surface area (Å²) in [7, 11) is 0. The highest BCUT2D eigenvalue weighted by atomic mass is 16.4. The summed E-state index contributed by atoms with van der Waals surface area (Å²) in [6.45, 7) is 0. The third-order valence-electron chi connectivity index (χ3n) is 3.66. The van der Waals surface area contributed by atoms with Gasteiger partial charge in [-0.15, -0.1) is 5.10 Å². The van der Waals surface area contributed by atoms with Gasteiger partial charge in [0, 0.05) is 5.39 Å². The number of aromatic nitrogens is 4. The first-order valence-electron chi connectivity index (χ1n) is 7.13. The lowest BCUT2D eigenvalue weighted by molar-refractivity contribution is -0.136. The second-order valence-electron chi connectivity index (χ2n) is 5.21. The Labute approximate surface area is 131 Å². The number of hydrogen-bond acceptors (Lipinski definition) is 4. The summed E-state index contributed by atoms with van der Waals surface area (Å²) in [5.41, 5.74) is 3.66.